The maximum atomic E-state index is 6.27. The van der Waals surface area contributed by atoms with Crippen LogP contribution in [-0.4, -0.2) is 21.3 Å². The molecule has 0 amide bonds. The first kappa shape index (κ1) is 18.0. The SMILES string of the molecule is COc1ccc(Cc2c(-c3ccc(OC)cc3)oc3cc(OC)ccc23)cc1. The molecule has 4 aromatic rings. The van der Waals surface area contributed by atoms with Crippen molar-refractivity contribution >= 4 is 11.0 Å². The minimum Gasteiger partial charge on any atom is -0.497 e. The fraction of sp³-hybridized carbons (Fsp3) is 0.167. The Kier molecular flexibility index (Phi) is 4.94. The number of rotatable bonds is 6. The van der Waals surface area contributed by atoms with E-state index < -0.39 is 0 Å². The van der Waals surface area contributed by atoms with Gasteiger partial charge in [0.15, 0.2) is 0 Å². The van der Waals surface area contributed by atoms with Gasteiger partial charge in [-0.15, -0.1) is 0 Å². The number of fused-ring (bicyclic) bond motifs is 1. The molecule has 0 spiro atoms. The average Bonchev–Trinajstić information content (AvgIpc) is 3.11. The first-order chi connectivity index (χ1) is 13.7. The van der Waals surface area contributed by atoms with Crippen molar-refractivity contribution in [2.45, 2.75) is 6.42 Å². The van der Waals surface area contributed by atoms with Crippen molar-refractivity contribution in [3.8, 4) is 28.6 Å². The van der Waals surface area contributed by atoms with Crippen LogP contribution in [0.3, 0.4) is 0 Å². The van der Waals surface area contributed by atoms with E-state index in [1.165, 1.54) is 5.56 Å². The zero-order chi connectivity index (χ0) is 19.5. The van der Waals surface area contributed by atoms with E-state index in [2.05, 4.69) is 18.2 Å². The van der Waals surface area contributed by atoms with Crippen LogP contribution in [0, 0.1) is 0 Å². The lowest BCUT2D eigenvalue weighted by Gasteiger charge is -2.06. The minimum atomic E-state index is 0.755. The normalized spacial score (nSPS) is 10.8. The highest BCUT2D eigenvalue weighted by Gasteiger charge is 2.17. The Morgan fingerprint density at radius 1 is 0.679 bits per heavy atom. The Labute approximate surface area is 164 Å². The van der Waals surface area contributed by atoms with Gasteiger partial charge in [0.05, 0.1) is 21.3 Å². The predicted octanol–water partition coefficient (Wildman–Crippen LogP) is 5.72. The van der Waals surface area contributed by atoms with Crippen LogP contribution in [0.5, 0.6) is 17.2 Å². The molecule has 0 bridgehead atoms. The van der Waals surface area contributed by atoms with Gasteiger partial charge < -0.3 is 18.6 Å². The number of furan rings is 1. The number of ether oxygens (including phenoxy) is 3. The standard InChI is InChI=1S/C24H22O4/c1-25-18-8-4-16(5-9-18)14-22-21-13-12-20(27-3)15-23(21)28-24(22)17-6-10-19(26-2)11-7-17/h4-13,15H,14H2,1-3H3. The second kappa shape index (κ2) is 7.69. The summed E-state index contributed by atoms with van der Waals surface area (Å²) in [6.45, 7) is 0. The number of hydrogen-bond donors (Lipinski definition) is 0. The van der Waals surface area contributed by atoms with Gasteiger partial charge in [-0.2, -0.15) is 0 Å². The van der Waals surface area contributed by atoms with Crippen molar-refractivity contribution in [1.82, 2.24) is 0 Å². The summed E-state index contributed by atoms with van der Waals surface area (Å²) in [5, 5.41) is 1.09. The Bertz CT molecular complexity index is 1080. The molecule has 0 aliphatic carbocycles. The molecule has 0 saturated heterocycles. The van der Waals surface area contributed by atoms with E-state index in [4.69, 9.17) is 18.6 Å². The minimum absolute atomic E-state index is 0.755. The lowest BCUT2D eigenvalue weighted by Crippen LogP contribution is -1.91. The number of methoxy groups -OCH3 is 3. The molecule has 0 fully saturated rings. The van der Waals surface area contributed by atoms with Crippen molar-refractivity contribution in [2.24, 2.45) is 0 Å². The van der Waals surface area contributed by atoms with Gasteiger partial charge in [-0.25, -0.2) is 0 Å². The highest BCUT2D eigenvalue weighted by molar-refractivity contribution is 5.89. The van der Waals surface area contributed by atoms with Crippen molar-refractivity contribution < 1.29 is 18.6 Å². The molecule has 0 atom stereocenters. The van der Waals surface area contributed by atoms with Crippen molar-refractivity contribution in [2.75, 3.05) is 21.3 Å². The Balaban J connectivity index is 1.82. The van der Waals surface area contributed by atoms with E-state index in [0.29, 0.717) is 0 Å². The van der Waals surface area contributed by atoms with Gasteiger partial charge in [0, 0.05) is 29.0 Å². The van der Waals surface area contributed by atoms with E-state index in [9.17, 15) is 0 Å². The molecule has 0 saturated carbocycles. The van der Waals surface area contributed by atoms with Crippen LogP contribution in [0.4, 0.5) is 0 Å². The quantitative estimate of drug-likeness (QED) is 0.433. The Morgan fingerprint density at radius 3 is 1.86 bits per heavy atom. The molecule has 0 aliphatic heterocycles. The van der Waals surface area contributed by atoms with Crippen LogP contribution in [0.2, 0.25) is 0 Å². The van der Waals surface area contributed by atoms with E-state index >= 15 is 0 Å². The molecular weight excluding hydrogens is 352 g/mol. The molecule has 142 valence electrons. The predicted molar refractivity (Wildman–Crippen MR) is 111 cm³/mol. The fourth-order valence-electron chi connectivity index (χ4n) is 3.36. The van der Waals surface area contributed by atoms with E-state index in [1.807, 2.05) is 48.5 Å². The molecule has 3 aromatic carbocycles. The largest absolute Gasteiger partial charge is 0.497 e. The lowest BCUT2D eigenvalue weighted by molar-refractivity contribution is 0.414. The lowest BCUT2D eigenvalue weighted by atomic mass is 9.98. The summed E-state index contributed by atoms with van der Waals surface area (Å²) in [7, 11) is 5.00. The summed E-state index contributed by atoms with van der Waals surface area (Å²) >= 11 is 0. The maximum absolute atomic E-state index is 6.27. The van der Waals surface area contributed by atoms with Crippen LogP contribution >= 0.6 is 0 Å². The molecule has 0 radical (unpaired) electrons. The average molecular weight is 374 g/mol. The third-order valence-corrected chi connectivity index (χ3v) is 4.89. The van der Waals surface area contributed by atoms with Crippen LogP contribution in [0.25, 0.3) is 22.3 Å². The molecule has 4 heteroatoms. The Morgan fingerprint density at radius 2 is 1.25 bits per heavy atom. The van der Waals surface area contributed by atoms with Crippen molar-refractivity contribution in [1.29, 1.82) is 0 Å². The second-order valence-electron chi connectivity index (χ2n) is 6.53. The number of benzene rings is 3. The third-order valence-electron chi connectivity index (χ3n) is 4.89. The topological polar surface area (TPSA) is 40.8 Å². The van der Waals surface area contributed by atoms with Gasteiger partial charge in [-0.1, -0.05) is 12.1 Å². The van der Waals surface area contributed by atoms with E-state index in [1.54, 1.807) is 21.3 Å². The summed E-state index contributed by atoms with van der Waals surface area (Å²) in [6.07, 6.45) is 0.755. The van der Waals surface area contributed by atoms with Crippen LogP contribution in [0.1, 0.15) is 11.1 Å². The fourth-order valence-corrected chi connectivity index (χ4v) is 3.36. The van der Waals surface area contributed by atoms with Gasteiger partial charge in [0.1, 0.15) is 28.6 Å². The summed E-state index contributed by atoms with van der Waals surface area (Å²) in [4.78, 5) is 0. The smallest absolute Gasteiger partial charge is 0.138 e. The van der Waals surface area contributed by atoms with Crippen LogP contribution in [-0.2, 0) is 6.42 Å². The van der Waals surface area contributed by atoms with E-state index in [-0.39, 0.29) is 0 Å². The van der Waals surface area contributed by atoms with Gasteiger partial charge in [-0.3, -0.25) is 0 Å². The Hall–Kier alpha value is -3.40. The highest BCUT2D eigenvalue weighted by Crippen LogP contribution is 2.37. The summed E-state index contributed by atoms with van der Waals surface area (Å²) in [6, 6.07) is 22.0. The summed E-state index contributed by atoms with van der Waals surface area (Å²) in [5.41, 5.74) is 4.16. The monoisotopic (exact) mass is 374 g/mol. The summed E-state index contributed by atoms with van der Waals surface area (Å²) in [5.74, 6) is 3.31. The molecule has 28 heavy (non-hydrogen) atoms. The van der Waals surface area contributed by atoms with Crippen molar-refractivity contribution in [3.05, 3.63) is 77.9 Å². The van der Waals surface area contributed by atoms with Gasteiger partial charge >= 0.3 is 0 Å². The maximum Gasteiger partial charge on any atom is 0.138 e. The summed E-state index contributed by atoms with van der Waals surface area (Å²) < 4.78 is 22.2. The molecule has 4 nitrogen and oxygen atoms in total. The van der Waals surface area contributed by atoms with Gasteiger partial charge in [-0.05, 0) is 54.1 Å². The molecule has 0 unspecified atom stereocenters. The first-order valence-corrected chi connectivity index (χ1v) is 9.08. The molecule has 1 heterocycles. The van der Waals surface area contributed by atoms with Gasteiger partial charge in [0.25, 0.3) is 0 Å². The third kappa shape index (κ3) is 3.41. The van der Waals surface area contributed by atoms with Crippen molar-refractivity contribution in [3.63, 3.8) is 0 Å². The van der Waals surface area contributed by atoms with Gasteiger partial charge in [0.2, 0.25) is 0 Å². The second-order valence-corrected chi connectivity index (χ2v) is 6.53. The first-order valence-electron chi connectivity index (χ1n) is 9.08. The zero-order valence-corrected chi connectivity index (χ0v) is 16.2. The van der Waals surface area contributed by atoms with Crippen LogP contribution in [0.15, 0.2) is 71.1 Å². The molecule has 1 aromatic heterocycles. The highest BCUT2D eigenvalue weighted by atomic mass is 16.5. The molecule has 4 rings (SSSR count). The number of hydrogen-bond acceptors (Lipinski definition) is 4. The molecular formula is C24H22O4. The van der Waals surface area contributed by atoms with E-state index in [0.717, 1.165) is 51.5 Å². The molecule has 0 N–H and O–H groups in total. The zero-order valence-electron chi connectivity index (χ0n) is 16.2. The van der Waals surface area contributed by atoms with Crippen LogP contribution < -0.4 is 14.2 Å². The molecule has 0 aliphatic rings.